The first kappa shape index (κ1) is 18.6. The molecule has 2 rings (SSSR count). The molecule has 0 radical (unpaired) electrons. The average Bonchev–Trinajstić information content (AvgIpc) is 3.17. The molecule has 1 aromatic carbocycles. The summed E-state index contributed by atoms with van der Waals surface area (Å²) >= 11 is 0. The van der Waals surface area contributed by atoms with Gasteiger partial charge in [-0.05, 0) is 43.2 Å². The highest BCUT2D eigenvalue weighted by Gasteiger charge is 1.99. The highest BCUT2D eigenvalue weighted by atomic mass is 16.5. The maximum Gasteiger partial charge on any atom is 0.190 e. The molecule has 0 aliphatic heterocycles. The zero-order chi connectivity index (χ0) is 17.7. The fourth-order valence-corrected chi connectivity index (χ4v) is 2.24. The number of benzene rings is 1. The van der Waals surface area contributed by atoms with Crippen LogP contribution in [0.15, 0.2) is 47.7 Å². The van der Waals surface area contributed by atoms with Crippen LogP contribution >= 0.6 is 0 Å². The third kappa shape index (κ3) is 7.15. The molecular weight excluding hydrogens is 318 g/mol. The first-order valence-electron chi connectivity index (χ1n) is 8.50. The molecule has 25 heavy (non-hydrogen) atoms. The second-order valence-electron chi connectivity index (χ2n) is 5.43. The Balaban J connectivity index is 1.53. The maximum absolute atomic E-state index is 5.70. The largest absolute Gasteiger partial charge is 0.497 e. The van der Waals surface area contributed by atoms with E-state index in [1.807, 2.05) is 41.2 Å². The molecular formula is C18H27N5O2. The molecule has 1 heterocycles. The predicted octanol–water partition coefficient (Wildman–Crippen LogP) is 1.92. The van der Waals surface area contributed by atoms with Crippen molar-refractivity contribution in [2.24, 2.45) is 4.99 Å². The van der Waals surface area contributed by atoms with Crippen LogP contribution in [0.3, 0.4) is 0 Å². The van der Waals surface area contributed by atoms with Gasteiger partial charge in [0.1, 0.15) is 11.5 Å². The van der Waals surface area contributed by atoms with Crippen molar-refractivity contribution in [1.82, 2.24) is 20.4 Å². The Morgan fingerprint density at radius 3 is 2.48 bits per heavy atom. The monoisotopic (exact) mass is 345 g/mol. The first-order valence-corrected chi connectivity index (χ1v) is 8.50. The fourth-order valence-electron chi connectivity index (χ4n) is 2.24. The van der Waals surface area contributed by atoms with Gasteiger partial charge in [-0.25, -0.2) is 0 Å². The summed E-state index contributed by atoms with van der Waals surface area (Å²) in [6, 6.07) is 9.53. The van der Waals surface area contributed by atoms with Crippen molar-refractivity contribution in [1.29, 1.82) is 0 Å². The number of nitrogens with zero attached hydrogens (tertiary/aromatic N) is 3. The molecule has 7 heteroatoms. The molecule has 0 atom stereocenters. The Hall–Kier alpha value is -2.70. The lowest BCUT2D eigenvalue weighted by molar-refractivity contribution is 0.310. The van der Waals surface area contributed by atoms with Crippen molar-refractivity contribution < 1.29 is 9.47 Å². The molecule has 136 valence electrons. The van der Waals surface area contributed by atoms with Gasteiger partial charge >= 0.3 is 0 Å². The van der Waals surface area contributed by atoms with Gasteiger partial charge in [-0.1, -0.05) is 0 Å². The first-order chi connectivity index (χ1) is 12.3. The van der Waals surface area contributed by atoms with Gasteiger partial charge in [0.15, 0.2) is 5.96 Å². The summed E-state index contributed by atoms with van der Waals surface area (Å²) in [6.07, 6.45) is 5.64. The van der Waals surface area contributed by atoms with Gasteiger partial charge < -0.3 is 20.1 Å². The quantitative estimate of drug-likeness (QED) is 0.391. The number of aryl methyl sites for hydroxylation is 1. The van der Waals surface area contributed by atoms with Crippen LogP contribution in [0, 0.1) is 0 Å². The van der Waals surface area contributed by atoms with Gasteiger partial charge in [0.25, 0.3) is 0 Å². The Morgan fingerprint density at radius 2 is 1.84 bits per heavy atom. The van der Waals surface area contributed by atoms with Crippen molar-refractivity contribution in [3.05, 3.63) is 42.7 Å². The number of rotatable bonds is 10. The number of nitrogens with one attached hydrogen (secondary N) is 2. The standard InChI is InChI=1S/C18H27N5O2/c1-19-18(20-10-3-13-23-14-4-12-22-23)21-11-5-15-25-17-8-6-16(24-2)7-9-17/h4,6-9,12,14H,3,5,10-11,13,15H2,1-2H3,(H2,19,20,21). The van der Waals surface area contributed by atoms with Crippen LogP contribution in [0.1, 0.15) is 12.8 Å². The van der Waals surface area contributed by atoms with Crippen molar-refractivity contribution in [3.63, 3.8) is 0 Å². The number of guanidine groups is 1. The zero-order valence-corrected chi connectivity index (χ0v) is 14.9. The predicted molar refractivity (Wildman–Crippen MR) is 99.3 cm³/mol. The second-order valence-corrected chi connectivity index (χ2v) is 5.43. The lowest BCUT2D eigenvalue weighted by Gasteiger charge is -2.12. The molecule has 0 saturated heterocycles. The van der Waals surface area contributed by atoms with Crippen LogP contribution in [-0.4, -0.2) is 49.6 Å². The van der Waals surface area contributed by atoms with Crippen molar-refractivity contribution in [2.75, 3.05) is 33.9 Å². The summed E-state index contributed by atoms with van der Waals surface area (Å²) in [5.74, 6) is 2.49. The molecule has 0 bridgehead atoms. The molecule has 2 aromatic rings. The van der Waals surface area contributed by atoms with Gasteiger partial charge in [-0.15, -0.1) is 0 Å². The summed E-state index contributed by atoms with van der Waals surface area (Å²) in [7, 11) is 3.43. The van der Waals surface area contributed by atoms with Crippen LogP contribution in [-0.2, 0) is 6.54 Å². The topological polar surface area (TPSA) is 72.7 Å². The van der Waals surface area contributed by atoms with Gasteiger partial charge in [-0.2, -0.15) is 5.10 Å². The summed E-state index contributed by atoms with van der Waals surface area (Å²) in [4.78, 5) is 4.21. The number of hydrogen-bond donors (Lipinski definition) is 2. The molecule has 0 saturated carbocycles. The zero-order valence-electron chi connectivity index (χ0n) is 14.9. The Morgan fingerprint density at radius 1 is 1.12 bits per heavy atom. The van der Waals surface area contributed by atoms with E-state index in [1.165, 1.54) is 0 Å². The lowest BCUT2D eigenvalue weighted by Crippen LogP contribution is -2.38. The summed E-state index contributed by atoms with van der Waals surface area (Å²) in [6.45, 7) is 3.19. The van der Waals surface area contributed by atoms with Crippen LogP contribution < -0.4 is 20.1 Å². The second kappa shape index (κ2) is 11.0. The van der Waals surface area contributed by atoms with Crippen molar-refractivity contribution in [3.8, 4) is 11.5 Å². The average molecular weight is 345 g/mol. The number of aliphatic imine (C=N–C) groups is 1. The van der Waals surface area contributed by atoms with Gasteiger partial charge in [0.05, 0.1) is 13.7 Å². The summed E-state index contributed by atoms with van der Waals surface area (Å²) < 4.78 is 12.7. The molecule has 1 aromatic heterocycles. The highest BCUT2D eigenvalue weighted by molar-refractivity contribution is 5.79. The van der Waals surface area contributed by atoms with Gasteiger partial charge in [0.2, 0.25) is 0 Å². The third-order valence-corrected chi connectivity index (χ3v) is 3.58. The molecule has 0 unspecified atom stereocenters. The molecule has 0 aliphatic carbocycles. The minimum absolute atomic E-state index is 0.648. The Bertz CT molecular complexity index is 611. The number of methoxy groups -OCH3 is 1. The number of ether oxygens (including phenoxy) is 2. The summed E-state index contributed by atoms with van der Waals surface area (Å²) in [5, 5.41) is 10.8. The third-order valence-electron chi connectivity index (χ3n) is 3.58. The van der Waals surface area contributed by atoms with Crippen LogP contribution in [0.4, 0.5) is 0 Å². The van der Waals surface area contributed by atoms with E-state index in [0.717, 1.165) is 49.9 Å². The number of aromatic nitrogens is 2. The van der Waals surface area contributed by atoms with Crippen molar-refractivity contribution in [2.45, 2.75) is 19.4 Å². The molecule has 2 N–H and O–H groups in total. The van der Waals surface area contributed by atoms with E-state index in [9.17, 15) is 0 Å². The molecule has 0 fully saturated rings. The molecule has 0 spiro atoms. The Labute approximate surface area is 149 Å². The Kier molecular flexibility index (Phi) is 8.17. The van der Waals surface area contributed by atoms with E-state index < -0.39 is 0 Å². The van der Waals surface area contributed by atoms with E-state index in [-0.39, 0.29) is 0 Å². The molecule has 7 nitrogen and oxygen atoms in total. The maximum atomic E-state index is 5.70. The molecule has 0 aliphatic rings. The van der Waals surface area contributed by atoms with Crippen LogP contribution in [0.2, 0.25) is 0 Å². The normalized spacial score (nSPS) is 11.2. The van der Waals surface area contributed by atoms with E-state index >= 15 is 0 Å². The summed E-state index contributed by atoms with van der Waals surface area (Å²) in [5.41, 5.74) is 0. The van der Waals surface area contributed by atoms with Gasteiger partial charge in [-0.3, -0.25) is 9.67 Å². The SMILES string of the molecule is CN=C(NCCCOc1ccc(OC)cc1)NCCCn1cccn1. The fraction of sp³-hybridized carbons (Fsp3) is 0.444. The van der Waals surface area contributed by atoms with Crippen LogP contribution in [0.25, 0.3) is 0 Å². The highest BCUT2D eigenvalue weighted by Crippen LogP contribution is 2.16. The molecule has 0 amide bonds. The van der Waals surface area contributed by atoms with E-state index in [2.05, 4.69) is 20.7 Å². The number of hydrogen-bond acceptors (Lipinski definition) is 4. The van der Waals surface area contributed by atoms with E-state index in [4.69, 9.17) is 9.47 Å². The van der Waals surface area contributed by atoms with Crippen LogP contribution in [0.5, 0.6) is 11.5 Å². The minimum Gasteiger partial charge on any atom is -0.497 e. The smallest absolute Gasteiger partial charge is 0.190 e. The van der Waals surface area contributed by atoms with Crippen molar-refractivity contribution >= 4 is 5.96 Å². The van der Waals surface area contributed by atoms with E-state index in [0.29, 0.717) is 6.61 Å². The minimum atomic E-state index is 0.648. The lowest BCUT2D eigenvalue weighted by atomic mass is 10.3. The van der Waals surface area contributed by atoms with E-state index in [1.54, 1.807) is 20.4 Å². The van der Waals surface area contributed by atoms with Gasteiger partial charge in [0, 0.05) is 39.1 Å².